The maximum atomic E-state index is 11.6. The van der Waals surface area contributed by atoms with Crippen LogP contribution in [0.3, 0.4) is 0 Å². The quantitative estimate of drug-likeness (QED) is 0.898. The Kier molecular flexibility index (Phi) is 4.39. The lowest BCUT2D eigenvalue weighted by Crippen LogP contribution is -2.27. The predicted octanol–water partition coefficient (Wildman–Crippen LogP) is 3.14. The zero-order chi connectivity index (χ0) is 13.8. The Hall–Kier alpha value is -1.59. The third kappa shape index (κ3) is 3.68. The maximum Gasteiger partial charge on any atom is 0.244 e. The van der Waals surface area contributed by atoms with Crippen molar-refractivity contribution in [2.75, 3.05) is 5.32 Å². The third-order valence-electron chi connectivity index (χ3n) is 2.50. The summed E-state index contributed by atoms with van der Waals surface area (Å²) < 4.78 is 0.817. The number of hydrogen-bond acceptors (Lipinski definition) is 3. The van der Waals surface area contributed by atoms with Crippen molar-refractivity contribution in [2.24, 2.45) is 5.73 Å². The van der Waals surface area contributed by atoms with E-state index in [0.29, 0.717) is 10.7 Å². The number of primary amides is 1. The molecule has 4 nitrogen and oxygen atoms in total. The number of amides is 1. The summed E-state index contributed by atoms with van der Waals surface area (Å²) in [7, 11) is 0. The number of nitrogens with one attached hydrogen (secondary N) is 1. The minimum absolute atomic E-state index is 0.470. The normalized spacial score (nSPS) is 11.9. The van der Waals surface area contributed by atoms with Crippen LogP contribution in [0.2, 0.25) is 5.02 Å². The van der Waals surface area contributed by atoms with Gasteiger partial charge in [-0.1, -0.05) is 23.7 Å². The molecule has 6 heteroatoms. The standard InChI is InChI=1S/C13H11BrClN3O/c14-9-5-11(7-17-6-9)18-12(13(16)19)8-1-3-10(15)4-2-8/h1-7,12,18H,(H2,16,19)/t12-/m0/s1. The van der Waals surface area contributed by atoms with Crippen molar-refractivity contribution >= 4 is 39.1 Å². The number of halogens is 2. The summed E-state index contributed by atoms with van der Waals surface area (Å²) >= 11 is 9.14. The van der Waals surface area contributed by atoms with Crippen LogP contribution in [0.4, 0.5) is 5.69 Å². The van der Waals surface area contributed by atoms with E-state index in [1.54, 1.807) is 36.7 Å². The summed E-state index contributed by atoms with van der Waals surface area (Å²) in [5.41, 5.74) is 6.88. The summed E-state index contributed by atoms with van der Waals surface area (Å²) in [6.45, 7) is 0. The lowest BCUT2D eigenvalue weighted by Gasteiger charge is -2.17. The number of rotatable bonds is 4. The number of carbonyl (C=O) groups is 1. The third-order valence-corrected chi connectivity index (χ3v) is 3.19. The van der Waals surface area contributed by atoms with E-state index in [2.05, 4.69) is 26.2 Å². The molecule has 98 valence electrons. The molecule has 1 heterocycles. The smallest absolute Gasteiger partial charge is 0.244 e. The van der Waals surface area contributed by atoms with Gasteiger partial charge in [0.1, 0.15) is 6.04 Å². The second-order valence-electron chi connectivity index (χ2n) is 3.92. The number of nitrogens with two attached hydrogens (primary N) is 1. The highest BCUT2D eigenvalue weighted by Gasteiger charge is 2.17. The summed E-state index contributed by atoms with van der Waals surface area (Å²) in [5, 5.41) is 3.65. The van der Waals surface area contributed by atoms with Gasteiger partial charge in [-0.2, -0.15) is 0 Å². The molecule has 0 aliphatic carbocycles. The van der Waals surface area contributed by atoms with Gasteiger partial charge in [0, 0.05) is 15.7 Å². The average Bonchev–Trinajstić information content (AvgIpc) is 2.37. The Labute approximate surface area is 124 Å². The van der Waals surface area contributed by atoms with Gasteiger partial charge in [-0.25, -0.2) is 0 Å². The van der Waals surface area contributed by atoms with E-state index < -0.39 is 11.9 Å². The molecule has 1 aromatic heterocycles. The fourth-order valence-electron chi connectivity index (χ4n) is 1.63. The minimum Gasteiger partial charge on any atom is -0.369 e. The first-order valence-corrected chi connectivity index (χ1v) is 6.65. The molecule has 0 spiro atoms. The largest absolute Gasteiger partial charge is 0.369 e. The average molecular weight is 341 g/mol. The molecular formula is C13H11BrClN3O. The first-order valence-electron chi connectivity index (χ1n) is 5.48. The summed E-state index contributed by atoms with van der Waals surface area (Å²) in [4.78, 5) is 15.6. The van der Waals surface area contributed by atoms with Crippen molar-refractivity contribution in [1.82, 2.24) is 4.98 Å². The number of aromatic nitrogens is 1. The fourth-order valence-corrected chi connectivity index (χ4v) is 2.12. The van der Waals surface area contributed by atoms with Gasteiger partial charge in [0.05, 0.1) is 11.9 Å². The van der Waals surface area contributed by atoms with Gasteiger partial charge in [-0.05, 0) is 39.7 Å². The van der Waals surface area contributed by atoms with Crippen molar-refractivity contribution in [1.29, 1.82) is 0 Å². The van der Waals surface area contributed by atoms with Crippen LogP contribution >= 0.6 is 27.5 Å². The van der Waals surface area contributed by atoms with Crippen LogP contribution in [-0.2, 0) is 4.79 Å². The summed E-state index contributed by atoms with van der Waals surface area (Å²) in [6, 6.07) is 8.14. The Morgan fingerprint density at radius 2 is 2.00 bits per heavy atom. The molecular weight excluding hydrogens is 330 g/mol. The van der Waals surface area contributed by atoms with Crippen molar-refractivity contribution in [3.05, 3.63) is 57.8 Å². The predicted molar refractivity (Wildman–Crippen MR) is 78.9 cm³/mol. The SMILES string of the molecule is NC(=O)[C@@H](Nc1cncc(Br)c1)c1ccc(Cl)cc1. The number of carbonyl (C=O) groups excluding carboxylic acids is 1. The molecule has 0 aliphatic rings. The molecule has 19 heavy (non-hydrogen) atoms. The molecule has 0 unspecified atom stereocenters. The number of anilines is 1. The fraction of sp³-hybridized carbons (Fsp3) is 0.0769. The second kappa shape index (κ2) is 6.04. The monoisotopic (exact) mass is 339 g/mol. The van der Waals surface area contributed by atoms with Crippen LogP contribution in [0, 0.1) is 0 Å². The summed E-state index contributed by atoms with van der Waals surface area (Å²) in [5.74, 6) is -0.470. The Morgan fingerprint density at radius 1 is 1.32 bits per heavy atom. The molecule has 0 saturated heterocycles. The van der Waals surface area contributed by atoms with E-state index >= 15 is 0 Å². The highest BCUT2D eigenvalue weighted by atomic mass is 79.9. The molecule has 0 radical (unpaired) electrons. The van der Waals surface area contributed by atoms with Crippen LogP contribution in [0.5, 0.6) is 0 Å². The number of hydrogen-bond donors (Lipinski definition) is 2. The van der Waals surface area contributed by atoms with Gasteiger partial charge < -0.3 is 11.1 Å². The highest BCUT2D eigenvalue weighted by Crippen LogP contribution is 2.22. The lowest BCUT2D eigenvalue weighted by molar-refractivity contribution is -0.118. The van der Waals surface area contributed by atoms with E-state index in [9.17, 15) is 4.79 Å². The van der Waals surface area contributed by atoms with E-state index in [4.69, 9.17) is 17.3 Å². The van der Waals surface area contributed by atoms with Crippen molar-refractivity contribution < 1.29 is 4.79 Å². The molecule has 0 bridgehead atoms. The van der Waals surface area contributed by atoms with Crippen LogP contribution in [0.25, 0.3) is 0 Å². The van der Waals surface area contributed by atoms with E-state index in [-0.39, 0.29) is 0 Å². The molecule has 1 atom stereocenters. The molecule has 3 N–H and O–H groups in total. The molecule has 2 aromatic rings. The topological polar surface area (TPSA) is 68.0 Å². The van der Waals surface area contributed by atoms with Gasteiger partial charge in [-0.3, -0.25) is 9.78 Å². The minimum atomic E-state index is -0.631. The van der Waals surface area contributed by atoms with Crippen molar-refractivity contribution in [3.63, 3.8) is 0 Å². The Morgan fingerprint density at radius 3 is 2.58 bits per heavy atom. The number of nitrogens with zero attached hydrogens (tertiary/aromatic N) is 1. The molecule has 2 rings (SSSR count). The zero-order valence-corrected chi connectivity index (χ0v) is 12.1. The second-order valence-corrected chi connectivity index (χ2v) is 5.28. The van der Waals surface area contributed by atoms with Crippen LogP contribution in [-0.4, -0.2) is 10.9 Å². The highest BCUT2D eigenvalue weighted by molar-refractivity contribution is 9.10. The maximum absolute atomic E-state index is 11.6. The van der Waals surface area contributed by atoms with Gasteiger partial charge in [0.15, 0.2) is 0 Å². The first kappa shape index (κ1) is 13.8. The van der Waals surface area contributed by atoms with Gasteiger partial charge in [0.2, 0.25) is 5.91 Å². The van der Waals surface area contributed by atoms with Gasteiger partial charge >= 0.3 is 0 Å². The Balaban J connectivity index is 2.26. The molecule has 0 saturated carbocycles. The summed E-state index contributed by atoms with van der Waals surface area (Å²) in [6.07, 6.45) is 3.28. The zero-order valence-electron chi connectivity index (χ0n) is 9.81. The molecule has 0 aliphatic heterocycles. The van der Waals surface area contributed by atoms with Crippen LogP contribution in [0.1, 0.15) is 11.6 Å². The molecule has 0 fully saturated rings. The van der Waals surface area contributed by atoms with E-state index in [0.717, 1.165) is 10.0 Å². The number of benzene rings is 1. The van der Waals surface area contributed by atoms with E-state index in [1.807, 2.05) is 6.07 Å². The van der Waals surface area contributed by atoms with Crippen LogP contribution < -0.4 is 11.1 Å². The molecule has 1 amide bonds. The number of pyridine rings is 1. The first-order chi connectivity index (χ1) is 9.06. The van der Waals surface area contributed by atoms with Crippen molar-refractivity contribution in [2.45, 2.75) is 6.04 Å². The van der Waals surface area contributed by atoms with Gasteiger partial charge in [0.25, 0.3) is 0 Å². The van der Waals surface area contributed by atoms with Crippen molar-refractivity contribution in [3.8, 4) is 0 Å². The van der Waals surface area contributed by atoms with Crippen LogP contribution in [0.15, 0.2) is 47.2 Å². The van der Waals surface area contributed by atoms with E-state index in [1.165, 1.54) is 0 Å². The Bertz CT molecular complexity index is 589. The lowest BCUT2D eigenvalue weighted by atomic mass is 10.1. The van der Waals surface area contributed by atoms with Gasteiger partial charge in [-0.15, -0.1) is 0 Å². The molecule has 1 aromatic carbocycles.